The van der Waals surface area contributed by atoms with Crippen molar-refractivity contribution in [1.29, 1.82) is 0 Å². The Hall–Kier alpha value is -2.45. The second-order valence-electron chi connectivity index (χ2n) is 6.26. The molecule has 0 spiro atoms. The van der Waals surface area contributed by atoms with Gasteiger partial charge in [0.1, 0.15) is 24.1 Å². The quantitative estimate of drug-likeness (QED) is 0.574. The summed E-state index contributed by atoms with van der Waals surface area (Å²) in [5, 5.41) is 3.30. The molecule has 1 atom stereocenters. The predicted octanol–water partition coefficient (Wildman–Crippen LogP) is 3.09. The van der Waals surface area contributed by atoms with Crippen molar-refractivity contribution < 1.29 is 22.7 Å². The molecular formula is C20H25ClN2O5S. The maximum absolute atomic E-state index is 12.5. The molecule has 0 aliphatic heterocycles. The summed E-state index contributed by atoms with van der Waals surface area (Å²) >= 11 is 5.82. The van der Waals surface area contributed by atoms with Gasteiger partial charge in [-0.25, -0.2) is 8.42 Å². The fraction of sp³-hybridized carbons (Fsp3) is 0.350. The van der Waals surface area contributed by atoms with Gasteiger partial charge in [0.15, 0.2) is 0 Å². The van der Waals surface area contributed by atoms with Gasteiger partial charge in [0.05, 0.1) is 25.1 Å². The zero-order chi connectivity index (χ0) is 21.4. The molecule has 2 aromatic carbocycles. The van der Waals surface area contributed by atoms with Gasteiger partial charge in [0.25, 0.3) is 0 Å². The minimum absolute atomic E-state index is 0.229. The summed E-state index contributed by atoms with van der Waals surface area (Å²) < 4.78 is 36.6. The number of nitrogens with zero attached hydrogens (tertiary/aromatic N) is 1. The van der Waals surface area contributed by atoms with E-state index < -0.39 is 22.0 Å². The Morgan fingerprint density at radius 2 is 1.62 bits per heavy atom. The van der Waals surface area contributed by atoms with E-state index in [4.69, 9.17) is 21.1 Å². The molecule has 9 heteroatoms. The number of rotatable bonds is 10. The van der Waals surface area contributed by atoms with Crippen LogP contribution in [-0.2, 0) is 14.8 Å². The second kappa shape index (κ2) is 10.4. The van der Waals surface area contributed by atoms with Crippen LogP contribution in [-0.4, -0.2) is 46.4 Å². The maximum atomic E-state index is 12.5. The van der Waals surface area contributed by atoms with Gasteiger partial charge in [-0.2, -0.15) is 0 Å². The van der Waals surface area contributed by atoms with E-state index in [1.165, 1.54) is 6.92 Å². The van der Waals surface area contributed by atoms with Crippen LogP contribution < -0.4 is 19.1 Å². The Balaban J connectivity index is 1.98. The van der Waals surface area contributed by atoms with Gasteiger partial charge in [-0.05, 0) is 62.4 Å². The molecule has 7 nitrogen and oxygen atoms in total. The number of sulfonamides is 1. The van der Waals surface area contributed by atoms with Crippen LogP contribution >= 0.6 is 11.6 Å². The third-order valence-electron chi connectivity index (χ3n) is 3.97. The number of hydrogen-bond donors (Lipinski definition) is 1. The lowest BCUT2D eigenvalue weighted by atomic mass is 10.2. The number of carbonyl (C=O) groups excluding carboxylic acids is 1. The van der Waals surface area contributed by atoms with Crippen LogP contribution in [0.1, 0.15) is 13.8 Å². The molecule has 0 aliphatic carbocycles. The van der Waals surface area contributed by atoms with E-state index in [2.05, 4.69) is 5.32 Å². The Bertz CT molecular complexity index is 901. The van der Waals surface area contributed by atoms with E-state index in [0.717, 1.165) is 10.6 Å². The van der Waals surface area contributed by atoms with E-state index in [-0.39, 0.29) is 13.2 Å². The smallest absolute Gasteiger partial charge is 0.243 e. The molecule has 2 rings (SSSR count). The average molecular weight is 441 g/mol. The summed E-state index contributed by atoms with van der Waals surface area (Å²) in [6.07, 6.45) is 1.07. The average Bonchev–Trinajstić information content (AvgIpc) is 2.67. The van der Waals surface area contributed by atoms with Gasteiger partial charge >= 0.3 is 0 Å². The minimum atomic E-state index is -3.68. The number of anilines is 1. The maximum Gasteiger partial charge on any atom is 0.243 e. The van der Waals surface area contributed by atoms with E-state index >= 15 is 0 Å². The van der Waals surface area contributed by atoms with Crippen molar-refractivity contribution in [2.45, 2.75) is 19.9 Å². The van der Waals surface area contributed by atoms with Crippen molar-refractivity contribution in [2.24, 2.45) is 0 Å². The van der Waals surface area contributed by atoms with Crippen molar-refractivity contribution in [2.75, 3.05) is 30.3 Å². The van der Waals surface area contributed by atoms with Gasteiger partial charge in [0.2, 0.25) is 15.9 Å². The summed E-state index contributed by atoms with van der Waals surface area (Å²) in [7, 11) is -3.68. The van der Waals surface area contributed by atoms with Crippen molar-refractivity contribution >= 4 is 33.2 Å². The Kier molecular flexibility index (Phi) is 8.16. The summed E-state index contributed by atoms with van der Waals surface area (Å²) in [6, 6.07) is 12.5. The first-order chi connectivity index (χ1) is 13.7. The first-order valence-corrected chi connectivity index (χ1v) is 11.3. The summed E-state index contributed by atoms with van der Waals surface area (Å²) in [4.78, 5) is 12.5. The van der Waals surface area contributed by atoms with Crippen LogP contribution in [0.15, 0.2) is 48.5 Å². The first kappa shape index (κ1) is 22.8. The van der Waals surface area contributed by atoms with Crippen LogP contribution in [0.3, 0.4) is 0 Å². The zero-order valence-electron chi connectivity index (χ0n) is 16.6. The number of amides is 1. The highest BCUT2D eigenvalue weighted by atomic mass is 35.5. The molecular weight excluding hydrogens is 416 g/mol. The Morgan fingerprint density at radius 3 is 2.17 bits per heavy atom. The highest BCUT2D eigenvalue weighted by Gasteiger charge is 2.28. The summed E-state index contributed by atoms with van der Waals surface area (Å²) in [5.74, 6) is 0.828. The number of carbonyl (C=O) groups is 1. The van der Waals surface area contributed by atoms with Crippen molar-refractivity contribution in [3.63, 3.8) is 0 Å². The molecule has 0 saturated carbocycles. The summed E-state index contributed by atoms with van der Waals surface area (Å²) in [5.41, 5.74) is 0.385. The molecule has 0 radical (unpaired) electrons. The van der Waals surface area contributed by atoms with E-state index in [1.54, 1.807) is 48.5 Å². The van der Waals surface area contributed by atoms with Gasteiger partial charge in [0, 0.05) is 5.02 Å². The molecule has 0 aromatic heterocycles. The van der Waals surface area contributed by atoms with Crippen LogP contribution in [0.5, 0.6) is 11.5 Å². The first-order valence-electron chi connectivity index (χ1n) is 9.10. The van der Waals surface area contributed by atoms with Crippen molar-refractivity contribution in [3.8, 4) is 11.5 Å². The van der Waals surface area contributed by atoms with Crippen molar-refractivity contribution in [3.05, 3.63) is 53.6 Å². The molecule has 158 valence electrons. The number of nitrogens with one attached hydrogen (secondary N) is 1. The summed E-state index contributed by atoms with van der Waals surface area (Å²) in [6.45, 7) is 4.37. The lowest BCUT2D eigenvalue weighted by Gasteiger charge is -2.28. The molecule has 0 unspecified atom stereocenters. The second-order valence-corrected chi connectivity index (χ2v) is 8.55. The fourth-order valence-electron chi connectivity index (χ4n) is 2.69. The molecule has 0 fully saturated rings. The third-order valence-corrected chi connectivity index (χ3v) is 5.47. The standard InChI is InChI=1S/C20H25ClN2O5S/c1-4-27-18-11-7-17(8-12-18)23(29(3,25)26)15(2)20(24)22-13-14-28-19-9-5-16(21)6-10-19/h5-12,15H,4,13-14H2,1-3H3,(H,22,24)/t15-/m0/s1. The molecule has 0 saturated heterocycles. The molecule has 1 amide bonds. The van der Waals surface area contributed by atoms with Gasteiger partial charge in [-0.1, -0.05) is 11.6 Å². The molecule has 1 N–H and O–H groups in total. The molecule has 2 aromatic rings. The normalized spacial score (nSPS) is 12.1. The molecule has 0 heterocycles. The topological polar surface area (TPSA) is 84.9 Å². The van der Waals surface area contributed by atoms with Crippen LogP contribution in [0, 0.1) is 0 Å². The SMILES string of the molecule is CCOc1ccc(N([C@@H](C)C(=O)NCCOc2ccc(Cl)cc2)S(C)(=O)=O)cc1. The molecule has 29 heavy (non-hydrogen) atoms. The van der Waals surface area contributed by atoms with E-state index in [9.17, 15) is 13.2 Å². The molecule has 0 aliphatic rings. The van der Waals surface area contributed by atoms with E-state index in [1.807, 2.05) is 6.92 Å². The van der Waals surface area contributed by atoms with Gasteiger partial charge in [-0.3, -0.25) is 9.10 Å². The van der Waals surface area contributed by atoms with Gasteiger partial charge < -0.3 is 14.8 Å². The number of benzene rings is 2. The number of halogens is 1. The van der Waals surface area contributed by atoms with Crippen LogP contribution in [0.2, 0.25) is 5.02 Å². The fourth-order valence-corrected chi connectivity index (χ4v) is 3.99. The van der Waals surface area contributed by atoms with Crippen LogP contribution in [0.25, 0.3) is 0 Å². The number of hydrogen-bond acceptors (Lipinski definition) is 5. The lowest BCUT2D eigenvalue weighted by Crippen LogP contribution is -2.48. The highest BCUT2D eigenvalue weighted by Crippen LogP contribution is 2.24. The lowest BCUT2D eigenvalue weighted by molar-refractivity contribution is -0.121. The van der Waals surface area contributed by atoms with Crippen LogP contribution in [0.4, 0.5) is 5.69 Å². The zero-order valence-corrected chi connectivity index (χ0v) is 18.2. The predicted molar refractivity (Wildman–Crippen MR) is 114 cm³/mol. The monoisotopic (exact) mass is 440 g/mol. The third kappa shape index (κ3) is 6.83. The largest absolute Gasteiger partial charge is 0.494 e. The van der Waals surface area contributed by atoms with Crippen molar-refractivity contribution in [1.82, 2.24) is 5.32 Å². The Morgan fingerprint density at radius 1 is 1.07 bits per heavy atom. The van der Waals surface area contributed by atoms with E-state index in [0.29, 0.717) is 28.8 Å². The highest BCUT2D eigenvalue weighted by molar-refractivity contribution is 7.92. The Labute approximate surface area is 176 Å². The van der Waals surface area contributed by atoms with Gasteiger partial charge in [-0.15, -0.1) is 0 Å². The number of ether oxygens (including phenoxy) is 2. The molecule has 0 bridgehead atoms. The minimum Gasteiger partial charge on any atom is -0.494 e.